The summed E-state index contributed by atoms with van der Waals surface area (Å²) in [5.74, 6) is -9.52. The summed E-state index contributed by atoms with van der Waals surface area (Å²) in [5.41, 5.74) is -3.77. The lowest BCUT2D eigenvalue weighted by molar-refractivity contribution is 0.0947. The van der Waals surface area contributed by atoms with E-state index in [1.807, 2.05) is 0 Å². The molecule has 0 aliphatic heterocycles. The van der Waals surface area contributed by atoms with Crippen LogP contribution in [0, 0.1) is 17.5 Å². The molecular formula is C22H12F4N2O2. The predicted octanol–water partition coefficient (Wildman–Crippen LogP) is 5.52. The minimum atomic E-state index is -1.75. The first-order valence-corrected chi connectivity index (χ1v) is 8.74. The molecule has 150 valence electrons. The van der Waals surface area contributed by atoms with E-state index in [1.165, 1.54) is 24.3 Å². The Bertz CT molecular complexity index is 1210. The van der Waals surface area contributed by atoms with Gasteiger partial charge in [0.2, 0.25) is 11.6 Å². The van der Waals surface area contributed by atoms with E-state index in [0.29, 0.717) is 0 Å². The summed E-state index contributed by atoms with van der Waals surface area (Å²) < 4.78 is 59.0. The van der Waals surface area contributed by atoms with Gasteiger partial charge in [0, 0.05) is 11.4 Å². The lowest BCUT2D eigenvalue weighted by Crippen LogP contribution is -2.28. The van der Waals surface area contributed by atoms with Crippen molar-refractivity contribution in [3.8, 4) is 0 Å². The number of hydrogen-bond acceptors (Lipinski definition) is 4. The number of hydrogen-bond donors (Lipinski definition) is 2. The van der Waals surface area contributed by atoms with Crippen molar-refractivity contribution in [2.45, 2.75) is 0 Å². The van der Waals surface area contributed by atoms with E-state index >= 15 is 0 Å². The van der Waals surface area contributed by atoms with Crippen molar-refractivity contribution in [1.29, 1.82) is 0 Å². The van der Waals surface area contributed by atoms with Gasteiger partial charge in [0.25, 0.3) is 0 Å². The second kappa shape index (κ2) is 7.47. The summed E-state index contributed by atoms with van der Waals surface area (Å²) in [5, 5.41) is 4.70. The molecule has 4 rings (SSSR count). The van der Waals surface area contributed by atoms with Crippen molar-refractivity contribution < 1.29 is 27.2 Å². The van der Waals surface area contributed by atoms with Gasteiger partial charge in [-0.15, -0.1) is 0 Å². The molecule has 0 spiro atoms. The van der Waals surface area contributed by atoms with Gasteiger partial charge in [-0.3, -0.25) is 9.59 Å². The van der Waals surface area contributed by atoms with Crippen molar-refractivity contribution in [3.63, 3.8) is 0 Å². The van der Waals surface area contributed by atoms with Crippen LogP contribution in [-0.2, 0) is 0 Å². The number of Topliss-reactive ketones (excluding diaryl/α,β-unsaturated/α-hetero) is 2. The topological polar surface area (TPSA) is 58.2 Å². The van der Waals surface area contributed by atoms with Gasteiger partial charge in [0.15, 0.2) is 23.3 Å². The molecule has 0 saturated carbocycles. The normalized spacial score (nSPS) is 13.3. The number of benzene rings is 3. The molecule has 3 aromatic carbocycles. The molecule has 4 nitrogen and oxygen atoms in total. The lowest BCUT2D eigenvalue weighted by Gasteiger charge is -2.21. The van der Waals surface area contributed by atoms with Gasteiger partial charge >= 0.3 is 0 Å². The second-order valence-electron chi connectivity index (χ2n) is 6.40. The fourth-order valence-corrected chi connectivity index (χ4v) is 3.09. The van der Waals surface area contributed by atoms with Crippen molar-refractivity contribution in [3.05, 3.63) is 101 Å². The number of rotatable bonds is 4. The molecule has 3 aromatic rings. The van der Waals surface area contributed by atoms with Crippen LogP contribution in [0.1, 0.15) is 20.7 Å². The van der Waals surface area contributed by atoms with Crippen LogP contribution in [0.25, 0.3) is 0 Å². The predicted molar refractivity (Wildman–Crippen MR) is 103 cm³/mol. The minimum absolute atomic E-state index is 0.201. The van der Waals surface area contributed by atoms with E-state index in [9.17, 15) is 27.2 Å². The van der Waals surface area contributed by atoms with E-state index < -0.39 is 57.4 Å². The van der Waals surface area contributed by atoms with Crippen LogP contribution in [0.2, 0.25) is 0 Å². The van der Waals surface area contributed by atoms with E-state index in [0.717, 1.165) is 0 Å². The third kappa shape index (κ3) is 3.12. The first kappa shape index (κ1) is 19.4. The van der Waals surface area contributed by atoms with E-state index in [1.54, 1.807) is 36.4 Å². The highest BCUT2D eigenvalue weighted by Crippen LogP contribution is 2.37. The smallest absolute Gasteiger partial charge is 0.227 e. The van der Waals surface area contributed by atoms with Crippen molar-refractivity contribution in [2.24, 2.45) is 0 Å². The number of para-hydroxylation sites is 2. The number of anilines is 3. The third-order valence-electron chi connectivity index (χ3n) is 4.51. The summed E-state index contributed by atoms with van der Waals surface area (Å²) in [6, 6.07) is 15.4. The van der Waals surface area contributed by atoms with Crippen LogP contribution in [0.5, 0.6) is 0 Å². The molecular weight excluding hydrogens is 400 g/mol. The molecule has 0 radical (unpaired) electrons. The van der Waals surface area contributed by atoms with Gasteiger partial charge in [-0.2, -0.15) is 0 Å². The van der Waals surface area contributed by atoms with Crippen molar-refractivity contribution >= 4 is 28.6 Å². The average molecular weight is 412 g/mol. The number of ketones is 2. The second-order valence-corrected chi connectivity index (χ2v) is 6.40. The maximum Gasteiger partial charge on any atom is 0.227 e. The molecule has 30 heavy (non-hydrogen) atoms. The Morgan fingerprint density at radius 2 is 1.07 bits per heavy atom. The molecule has 0 fully saturated rings. The molecule has 0 aromatic heterocycles. The van der Waals surface area contributed by atoms with Crippen LogP contribution in [0.4, 0.5) is 34.6 Å². The Balaban J connectivity index is 1.84. The lowest BCUT2D eigenvalue weighted by atomic mass is 9.89. The van der Waals surface area contributed by atoms with Crippen LogP contribution in [-0.4, -0.2) is 11.6 Å². The molecule has 0 bridgehead atoms. The van der Waals surface area contributed by atoms with Gasteiger partial charge in [0.1, 0.15) is 11.4 Å². The summed E-state index contributed by atoms with van der Waals surface area (Å²) in [7, 11) is 0. The number of nitrogens with one attached hydrogen (secondary N) is 2. The number of halogens is 4. The Hall–Kier alpha value is -3.94. The van der Waals surface area contributed by atoms with Crippen LogP contribution < -0.4 is 10.6 Å². The minimum Gasteiger partial charge on any atom is -0.351 e. The highest BCUT2D eigenvalue weighted by Gasteiger charge is 2.41. The van der Waals surface area contributed by atoms with Gasteiger partial charge in [-0.1, -0.05) is 36.4 Å². The largest absolute Gasteiger partial charge is 0.351 e. The van der Waals surface area contributed by atoms with E-state index in [2.05, 4.69) is 10.6 Å². The van der Waals surface area contributed by atoms with Crippen LogP contribution in [0.15, 0.2) is 72.2 Å². The number of carbonyl (C=O) groups is 2. The zero-order chi connectivity index (χ0) is 21.4. The molecule has 0 saturated heterocycles. The monoisotopic (exact) mass is 412 g/mol. The average Bonchev–Trinajstić information content (AvgIpc) is 2.76. The summed E-state index contributed by atoms with van der Waals surface area (Å²) in [6.07, 6.45) is 0. The SMILES string of the molecule is O=C1C(Nc2ccccc2)=C(F)C(=O)c2c(F)c(Nc3ccccc3)c(F)c(F)c21. The first-order chi connectivity index (χ1) is 14.4. The van der Waals surface area contributed by atoms with Crippen molar-refractivity contribution in [1.82, 2.24) is 0 Å². The first-order valence-electron chi connectivity index (χ1n) is 8.74. The number of carbonyl (C=O) groups excluding carboxylic acids is 2. The third-order valence-corrected chi connectivity index (χ3v) is 4.51. The highest BCUT2D eigenvalue weighted by molar-refractivity contribution is 6.27. The van der Waals surface area contributed by atoms with Gasteiger partial charge in [-0.25, -0.2) is 17.6 Å². The Morgan fingerprint density at radius 1 is 0.567 bits per heavy atom. The zero-order valence-corrected chi connectivity index (χ0v) is 15.1. The number of allylic oxidation sites excluding steroid dienone is 2. The summed E-state index contributed by atoms with van der Waals surface area (Å²) in [4.78, 5) is 25.1. The standard InChI is InChI=1S/C22H12F4N2O2/c23-15-13-14(16(24)19(17(15)25)27-11-7-3-1-4-8-11)21(29)18(26)20(22(13)30)28-12-9-5-2-6-10-12/h1-10,27-28H. The Labute approximate surface area is 167 Å². The maximum absolute atomic E-state index is 15.0. The molecule has 8 heteroatoms. The summed E-state index contributed by atoms with van der Waals surface area (Å²) >= 11 is 0. The Morgan fingerprint density at radius 3 is 1.63 bits per heavy atom. The Kier molecular flexibility index (Phi) is 4.83. The maximum atomic E-state index is 15.0. The highest BCUT2D eigenvalue weighted by atomic mass is 19.2. The van der Waals surface area contributed by atoms with Crippen LogP contribution in [0.3, 0.4) is 0 Å². The van der Waals surface area contributed by atoms with Crippen LogP contribution >= 0.6 is 0 Å². The van der Waals surface area contributed by atoms with E-state index in [4.69, 9.17) is 0 Å². The van der Waals surface area contributed by atoms with Gasteiger partial charge < -0.3 is 10.6 Å². The molecule has 0 unspecified atom stereocenters. The van der Waals surface area contributed by atoms with E-state index in [-0.39, 0.29) is 11.4 Å². The molecule has 0 heterocycles. The van der Waals surface area contributed by atoms with Gasteiger partial charge in [-0.05, 0) is 24.3 Å². The number of fused-ring (bicyclic) bond motifs is 1. The quantitative estimate of drug-likeness (QED) is 0.438. The molecule has 0 amide bonds. The van der Waals surface area contributed by atoms with Gasteiger partial charge in [0.05, 0.1) is 11.1 Å². The zero-order valence-electron chi connectivity index (χ0n) is 15.1. The van der Waals surface area contributed by atoms with Crippen molar-refractivity contribution in [2.75, 3.05) is 10.6 Å². The molecule has 1 aliphatic carbocycles. The fourth-order valence-electron chi connectivity index (χ4n) is 3.09. The summed E-state index contributed by atoms with van der Waals surface area (Å²) in [6.45, 7) is 0. The molecule has 1 aliphatic rings. The fraction of sp³-hybridized carbons (Fsp3) is 0. The molecule has 2 N–H and O–H groups in total. The molecule has 0 atom stereocenters.